The van der Waals surface area contributed by atoms with Crippen LogP contribution in [0.1, 0.15) is 176 Å². The minimum absolute atomic E-state index is 0.135. The zero-order chi connectivity index (χ0) is 38.0. The van der Waals surface area contributed by atoms with Gasteiger partial charge in [-0.15, -0.1) is 0 Å². The minimum atomic E-state index is -5.17. The normalized spacial score (nSPS) is 12.3. The van der Waals surface area contributed by atoms with Crippen molar-refractivity contribution in [3.05, 3.63) is 0 Å². The average Bonchev–Trinajstić information content (AvgIpc) is 2.84. The van der Waals surface area contributed by atoms with Crippen molar-refractivity contribution in [1.82, 2.24) is 0 Å². The van der Waals surface area contributed by atoms with E-state index in [0.29, 0.717) is 10.8 Å². The smallest absolute Gasteiger partial charge is 0.171 e. The van der Waals surface area contributed by atoms with Gasteiger partial charge in [0, 0.05) is 6.42 Å². The van der Waals surface area contributed by atoms with Crippen molar-refractivity contribution >= 4 is 0 Å². The van der Waals surface area contributed by atoms with E-state index in [1.54, 1.807) is 13.8 Å². The molecule has 0 saturated carbocycles. The molecule has 0 unspecified atom stereocenters. The van der Waals surface area contributed by atoms with Crippen LogP contribution < -0.4 is 0 Å². The quantitative estimate of drug-likeness (QED) is 0.235. The molecule has 0 fully saturated rings. The lowest BCUT2D eigenvalue weighted by Gasteiger charge is -2.21. The van der Waals surface area contributed by atoms with Gasteiger partial charge in [-0.1, -0.05) is 157 Å². The molecule has 0 aromatic rings. The SMILES string of the molecule is CC(C)C(C)C.CC(C)CCC(F)(F)F.CCC(C)(C)C.CCC(C)(C)C.CCC(C)CC.CCCC(C(F)(F)F)C(F)(F)F. The Balaban J connectivity index is -0.000000104. The second kappa shape index (κ2) is 28.4. The molecule has 0 aromatic heterocycles. The maximum absolute atomic E-state index is 11.7. The predicted octanol–water partition coefficient (Wildman–Crippen LogP) is 16.1. The number of hydrogen-bond donors (Lipinski definition) is 0. The predicted molar refractivity (Wildman–Crippen MR) is 180 cm³/mol. The van der Waals surface area contributed by atoms with Crippen LogP contribution in [0, 0.1) is 40.4 Å². The van der Waals surface area contributed by atoms with E-state index in [2.05, 4.69) is 104 Å². The lowest BCUT2D eigenvalue weighted by atomic mass is 9.94. The summed E-state index contributed by atoms with van der Waals surface area (Å²) in [6, 6.07) is 0. The van der Waals surface area contributed by atoms with Gasteiger partial charge in [0.1, 0.15) is 0 Å². The summed E-state index contributed by atoms with van der Waals surface area (Å²) in [7, 11) is 0. The third-order valence-corrected chi connectivity index (χ3v) is 7.22. The van der Waals surface area contributed by atoms with Crippen LogP contribution in [0.25, 0.3) is 0 Å². The Kier molecular flexibility index (Phi) is 35.8. The van der Waals surface area contributed by atoms with Gasteiger partial charge in [0.15, 0.2) is 5.92 Å². The first-order valence-corrected chi connectivity index (χ1v) is 16.9. The molecule has 45 heavy (non-hydrogen) atoms. The molecular formula is C36H75F9. The Labute approximate surface area is 274 Å². The van der Waals surface area contributed by atoms with Crippen molar-refractivity contribution in [3.63, 3.8) is 0 Å². The van der Waals surface area contributed by atoms with Gasteiger partial charge in [-0.05, 0) is 47.3 Å². The number of alkyl halides is 9. The maximum atomic E-state index is 11.7. The summed E-state index contributed by atoms with van der Waals surface area (Å²) in [4.78, 5) is 0. The Morgan fingerprint density at radius 2 is 0.733 bits per heavy atom. The molecule has 0 N–H and O–H groups in total. The third kappa shape index (κ3) is 62.8. The van der Waals surface area contributed by atoms with E-state index in [1.807, 2.05) is 0 Å². The summed E-state index contributed by atoms with van der Waals surface area (Å²) < 4.78 is 104. The van der Waals surface area contributed by atoms with Crippen LogP contribution in [0.2, 0.25) is 0 Å². The topological polar surface area (TPSA) is 0 Å². The van der Waals surface area contributed by atoms with Gasteiger partial charge in [-0.2, -0.15) is 39.5 Å². The van der Waals surface area contributed by atoms with Crippen LogP contribution in [0.15, 0.2) is 0 Å². The van der Waals surface area contributed by atoms with E-state index < -0.39 is 37.3 Å². The van der Waals surface area contributed by atoms with Crippen LogP contribution in [0.4, 0.5) is 39.5 Å². The van der Waals surface area contributed by atoms with Crippen molar-refractivity contribution in [3.8, 4) is 0 Å². The Morgan fingerprint density at radius 1 is 0.467 bits per heavy atom. The van der Waals surface area contributed by atoms with E-state index in [9.17, 15) is 39.5 Å². The molecule has 0 bridgehead atoms. The van der Waals surface area contributed by atoms with E-state index in [1.165, 1.54) is 32.6 Å². The van der Waals surface area contributed by atoms with Gasteiger partial charge in [-0.3, -0.25) is 0 Å². The highest BCUT2D eigenvalue weighted by molar-refractivity contribution is 4.74. The molecule has 0 aromatic carbocycles. The van der Waals surface area contributed by atoms with E-state index in [4.69, 9.17) is 0 Å². The van der Waals surface area contributed by atoms with Crippen molar-refractivity contribution in [2.45, 2.75) is 195 Å². The summed E-state index contributed by atoms with van der Waals surface area (Å²) in [5, 5.41) is 0. The average molecular weight is 679 g/mol. The van der Waals surface area contributed by atoms with Gasteiger partial charge >= 0.3 is 18.5 Å². The molecule has 0 aliphatic carbocycles. The van der Waals surface area contributed by atoms with Gasteiger partial charge in [0.25, 0.3) is 0 Å². The minimum Gasteiger partial charge on any atom is -0.171 e. The summed E-state index contributed by atoms with van der Waals surface area (Å²) >= 11 is 0. The molecule has 0 aliphatic rings. The molecule has 9 heteroatoms. The molecule has 0 radical (unpaired) electrons. The lowest BCUT2D eigenvalue weighted by Crippen LogP contribution is -2.36. The number of halogens is 9. The maximum Gasteiger partial charge on any atom is 0.400 e. The standard InChI is InChI=1S/C6H8F6.C6H11F3.4C6H14/c1-2-3-4(5(7,8)9)6(10,11)12;1-5(2)3-4-6(7,8)9;2*1-5-6(2,3)4;1-5(2)6(3)4;1-4-6(3)5-2/h4H,2-3H2,1H3;5H,3-4H2,1-2H3;2*5H2,1-4H3;5-6H,1-4H3;6H,4-5H2,1-3H3. The molecule has 0 spiro atoms. The molecule has 0 aliphatic heterocycles. The highest BCUT2D eigenvalue weighted by atomic mass is 19.4. The molecule has 282 valence electrons. The van der Waals surface area contributed by atoms with Crippen LogP contribution in [0.3, 0.4) is 0 Å². The van der Waals surface area contributed by atoms with Gasteiger partial charge in [0.2, 0.25) is 0 Å². The molecule has 0 nitrogen and oxygen atoms in total. The number of hydrogen-bond acceptors (Lipinski definition) is 0. The fourth-order valence-electron chi connectivity index (χ4n) is 1.54. The zero-order valence-corrected chi connectivity index (χ0v) is 32.4. The molecular weight excluding hydrogens is 603 g/mol. The van der Waals surface area contributed by atoms with Gasteiger partial charge in [0.05, 0.1) is 0 Å². The molecule has 0 heterocycles. The van der Waals surface area contributed by atoms with E-state index >= 15 is 0 Å². The highest BCUT2D eigenvalue weighted by Gasteiger charge is 2.55. The van der Waals surface area contributed by atoms with Crippen LogP contribution in [0.5, 0.6) is 0 Å². The monoisotopic (exact) mass is 679 g/mol. The zero-order valence-electron chi connectivity index (χ0n) is 32.4. The fourth-order valence-corrected chi connectivity index (χ4v) is 1.54. The first kappa shape index (κ1) is 56.7. The summed E-state index contributed by atoms with van der Waals surface area (Å²) in [6.07, 6.45) is -10.6. The largest absolute Gasteiger partial charge is 0.400 e. The second-order valence-corrected chi connectivity index (χ2v) is 15.2. The van der Waals surface area contributed by atoms with E-state index in [0.717, 1.165) is 17.8 Å². The van der Waals surface area contributed by atoms with Gasteiger partial charge < -0.3 is 0 Å². The Bertz CT molecular complexity index is 548. The second-order valence-electron chi connectivity index (χ2n) is 15.2. The molecule has 0 amide bonds. The lowest BCUT2D eigenvalue weighted by molar-refractivity contribution is -0.285. The highest BCUT2D eigenvalue weighted by Crippen LogP contribution is 2.41. The van der Waals surface area contributed by atoms with Crippen molar-refractivity contribution < 1.29 is 39.5 Å². The van der Waals surface area contributed by atoms with Crippen LogP contribution in [-0.4, -0.2) is 18.5 Å². The van der Waals surface area contributed by atoms with Crippen LogP contribution >= 0.6 is 0 Å². The van der Waals surface area contributed by atoms with Crippen molar-refractivity contribution in [1.29, 1.82) is 0 Å². The molecule has 0 rings (SSSR count). The fraction of sp³-hybridized carbons (Fsp3) is 1.00. The Morgan fingerprint density at radius 3 is 0.778 bits per heavy atom. The summed E-state index contributed by atoms with van der Waals surface area (Å²) in [5.74, 6) is -0.387. The first-order valence-electron chi connectivity index (χ1n) is 16.9. The first-order chi connectivity index (χ1) is 19.7. The summed E-state index contributed by atoms with van der Waals surface area (Å²) in [6.45, 7) is 38.4. The van der Waals surface area contributed by atoms with Crippen molar-refractivity contribution in [2.75, 3.05) is 0 Å². The van der Waals surface area contributed by atoms with Crippen molar-refractivity contribution in [2.24, 2.45) is 40.4 Å². The molecule has 0 atom stereocenters. The van der Waals surface area contributed by atoms with Crippen LogP contribution in [-0.2, 0) is 0 Å². The van der Waals surface area contributed by atoms with E-state index in [-0.39, 0.29) is 18.8 Å². The van der Waals surface area contributed by atoms with Gasteiger partial charge in [-0.25, -0.2) is 0 Å². The molecule has 0 saturated heterocycles. The Hall–Kier alpha value is -0.630. The summed E-state index contributed by atoms with van der Waals surface area (Å²) in [5.41, 5.74) is 1.08. The third-order valence-electron chi connectivity index (χ3n) is 7.22. The number of rotatable bonds is 7.